The molecular weight excluding hydrogens is 316 g/mol. The predicted molar refractivity (Wildman–Crippen MR) is 119 cm³/mol. The first-order valence-corrected chi connectivity index (χ1v) is 13.7. The Bertz CT molecular complexity index is 366. The molecule has 0 aliphatic carbocycles. The molecule has 0 aromatic rings. The number of hydrogen-bond acceptors (Lipinski definition) is 0. The second-order valence-electron chi connectivity index (χ2n) is 8.42. The van der Waals surface area contributed by atoms with E-state index in [1.807, 2.05) is 0 Å². The van der Waals surface area contributed by atoms with Crippen LogP contribution in [0.5, 0.6) is 0 Å². The molecule has 0 nitrogen and oxygen atoms in total. The van der Waals surface area contributed by atoms with Crippen LogP contribution in [0.2, 0.25) is 6.04 Å². The fourth-order valence-electron chi connectivity index (χ4n) is 4.05. The van der Waals surface area contributed by atoms with Crippen molar-refractivity contribution in [1.82, 2.24) is 0 Å². The summed E-state index contributed by atoms with van der Waals surface area (Å²) in [5.41, 5.74) is 4.11. The molecular formula is C24H46Si. The molecule has 1 atom stereocenters. The summed E-state index contributed by atoms with van der Waals surface area (Å²) in [5, 5.41) is 1.75. The van der Waals surface area contributed by atoms with Crippen molar-refractivity contribution in [1.29, 1.82) is 0 Å². The van der Waals surface area contributed by atoms with Crippen LogP contribution < -0.4 is 0 Å². The first-order chi connectivity index (χ1) is 12.3. The average molecular weight is 363 g/mol. The third-order valence-corrected chi connectivity index (χ3v) is 9.38. The quantitative estimate of drug-likeness (QED) is 0.180. The third kappa shape index (κ3) is 11.8. The van der Waals surface area contributed by atoms with E-state index < -0.39 is 8.80 Å². The van der Waals surface area contributed by atoms with E-state index in [1.165, 1.54) is 109 Å². The molecule has 0 spiro atoms. The van der Waals surface area contributed by atoms with Crippen molar-refractivity contribution in [3.63, 3.8) is 0 Å². The second kappa shape index (κ2) is 15.9. The van der Waals surface area contributed by atoms with E-state index in [9.17, 15) is 0 Å². The Kier molecular flexibility index (Phi) is 14.5. The van der Waals surface area contributed by atoms with Gasteiger partial charge in [-0.1, -0.05) is 138 Å². The lowest BCUT2D eigenvalue weighted by Crippen LogP contribution is -2.08. The maximum atomic E-state index is 2.55. The van der Waals surface area contributed by atoms with Gasteiger partial charge in [-0.25, -0.2) is 0 Å². The molecule has 1 unspecified atom stereocenters. The summed E-state index contributed by atoms with van der Waals surface area (Å²) in [6.07, 6.45) is 25.9. The molecule has 0 aromatic heterocycles. The standard InChI is InChI=1S/C24H46Si/c1-4-5-6-7-8-9-10-11-12-13-14-15-16-17-18-19-21-25-22-20-23(2)24(25)3/h20,22,25H,4-19,21H2,1-3H3. The molecule has 0 radical (unpaired) electrons. The van der Waals surface area contributed by atoms with Crippen LogP contribution in [0.1, 0.15) is 124 Å². The zero-order chi connectivity index (χ0) is 18.2. The SMILES string of the molecule is CCCCCCCCCCCCCCCCCC[SiH]1C=CC(C)=C1C. The molecule has 0 N–H and O–H groups in total. The summed E-state index contributed by atoms with van der Waals surface area (Å²) in [4.78, 5) is 0. The molecule has 146 valence electrons. The van der Waals surface area contributed by atoms with E-state index in [1.54, 1.807) is 10.8 Å². The van der Waals surface area contributed by atoms with Gasteiger partial charge in [-0.05, 0) is 13.8 Å². The van der Waals surface area contributed by atoms with Gasteiger partial charge in [-0.15, -0.1) is 0 Å². The van der Waals surface area contributed by atoms with Gasteiger partial charge in [0.05, 0.1) is 8.80 Å². The number of hydrogen-bond donors (Lipinski definition) is 0. The minimum atomic E-state index is -0.627. The van der Waals surface area contributed by atoms with Crippen LogP contribution in [-0.4, -0.2) is 8.80 Å². The Balaban J connectivity index is 1.73. The fraction of sp³-hybridized carbons (Fsp3) is 0.833. The highest BCUT2D eigenvalue weighted by atomic mass is 28.3. The van der Waals surface area contributed by atoms with Gasteiger partial charge < -0.3 is 0 Å². The van der Waals surface area contributed by atoms with Gasteiger partial charge >= 0.3 is 0 Å². The third-order valence-electron chi connectivity index (χ3n) is 6.13. The van der Waals surface area contributed by atoms with Gasteiger partial charge in [-0.3, -0.25) is 0 Å². The van der Waals surface area contributed by atoms with Crippen LogP contribution in [0.25, 0.3) is 0 Å². The molecule has 1 rings (SSSR count). The molecule has 1 heterocycles. The summed E-state index contributed by atoms with van der Waals surface area (Å²) >= 11 is 0. The predicted octanol–water partition coefficient (Wildman–Crippen LogP) is 8.46. The minimum Gasteiger partial charge on any atom is -0.0930 e. The molecule has 0 amide bonds. The smallest absolute Gasteiger partial charge is 0.0888 e. The number of allylic oxidation sites excluding steroid dienone is 3. The van der Waals surface area contributed by atoms with Crippen LogP contribution in [0.15, 0.2) is 22.5 Å². The van der Waals surface area contributed by atoms with Crippen molar-refractivity contribution in [3.8, 4) is 0 Å². The summed E-state index contributed by atoms with van der Waals surface area (Å²) in [5.74, 6) is 0. The maximum absolute atomic E-state index is 2.55. The lowest BCUT2D eigenvalue weighted by molar-refractivity contribution is 0.531. The van der Waals surface area contributed by atoms with Gasteiger partial charge in [0.2, 0.25) is 0 Å². The molecule has 1 aliphatic heterocycles. The molecule has 0 saturated heterocycles. The highest BCUT2D eigenvalue weighted by Crippen LogP contribution is 2.22. The Morgan fingerprint density at radius 1 is 0.600 bits per heavy atom. The molecule has 25 heavy (non-hydrogen) atoms. The van der Waals surface area contributed by atoms with E-state index in [4.69, 9.17) is 0 Å². The summed E-state index contributed by atoms with van der Waals surface area (Å²) in [6.45, 7) is 6.96. The van der Waals surface area contributed by atoms with Crippen LogP contribution >= 0.6 is 0 Å². The Hall–Kier alpha value is -0.303. The van der Waals surface area contributed by atoms with E-state index in [2.05, 4.69) is 32.5 Å². The van der Waals surface area contributed by atoms with E-state index in [0.29, 0.717) is 0 Å². The van der Waals surface area contributed by atoms with Crippen LogP contribution in [0.4, 0.5) is 0 Å². The van der Waals surface area contributed by atoms with Crippen molar-refractivity contribution < 1.29 is 0 Å². The van der Waals surface area contributed by atoms with Crippen molar-refractivity contribution in [3.05, 3.63) is 22.5 Å². The zero-order valence-corrected chi connectivity index (χ0v) is 18.9. The largest absolute Gasteiger partial charge is 0.0930 e. The molecule has 0 aromatic carbocycles. The molecule has 1 heteroatoms. The maximum Gasteiger partial charge on any atom is 0.0888 e. The summed E-state index contributed by atoms with van der Waals surface area (Å²) in [7, 11) is -0.627. The highest BCUT2D eigenvalue weighted by Gasteiger charge is 2.15. The Morgan fingerprint density at radius 2 is 1.00 bits per heavy atom. The molecule has 0 bridgehead atoms. The van der Waals surface area contributed by atoms with Crippen molar-refractivity contribution >= 4 is 8.80 Å². The summed E-state index contributed by atoms with van der Waals surface area (Å²) in [6, 6.07) is 1.51. The van der Waals surface area contributed by atoms with Crippen molar-refractivity contribution in [2.75, 3.05) is 0 Å². The molecule has 0 fully saturated rings. The minimum absolute atomic E-state index is 0.627. The van der Waals surface area contributed by atoms with Crippen LogP contribution in [0, 0.1) is 0 Å². The van der Waals surface area contributed by atoms with E-state index in [0.717, 1.165) is 0 Å². The topological polar surface area (TPSA) is 0 Å². The fourth-order valence-corrected chi connectivity index (χ4v) is 6.90. The zero-order valence-electron chi connectivity index (χ0n) is 17.8. The number of rotatable bonds is 17. The summed E-state index contributed by atoms with van der Waals surface area (Å²) < 4.78 is 0. The normalized spacial score (nSPS) is 17.0. The second-order valence-corrected chi connectivity index (χ2v) is 11.5. The Labute approximate surface area is 161 Å². The van der Waals surface area contributed by atoms with E-state index in [-0.39, 0.29) is 0 Å². The lowest BCUT2D eigenvalue weighted by atomic mass is 10.0. The van der Waals surface area contributed by atoms with Gasteiger partial charge in [0.25, 0.3) is 0 Å². The van der Waals surface area contributed by atoms with E-state index >= 15 is 0 Å². The monoisotopic (exact) mass is 362 g/mol. The van der Waals surface area contributed by atoms with Crippen molar-refractivity contribution in [2.45, 2.75) is 130 Å². The van der Waals surface area contributed by atoms with Crippen LogP contribution in [-0.2, 0) is 0 Å². The average Bonchev–Trinajstić information content (AvgIpc) is 2.93. The van der Waals surface area contributed by atoms with Gasteiger partial charge in [0.15, 0.2) is 0 Å². The Morgan fingerprint density at radius 3 is 1.36 bits per heavy atom. The van der Waals surface area contributed by atoms with Gasteiger partial charge in [-0.2, -0.15) is 0 Å². The first kappa shape index (κ1) is 22.7. The van der Waals surface area contributed by atoms with Crippen LogP contribution in [0.3, 0.4) is 0 Å². The lowest BCUT2D eigenvalue weighted by Gasteiger charge is -2.09. The first-order valence-electron chi connectivity index (χ1n) is 11.6. The molecule has 0 saturated carbocycles. The number of unbranched alkanes of at least 4 members (excludes halogenated alkanes) is 15. The highest BCUT2D eigenvalue weighted by molar-refractivity contribution is 6.72. The van der Waals surface area contributed by atoms with Crippen molar-refractivity contribution in [2.24, 2.45) is 0 Å². The van der Waals surface area contributed by atoms with Gasteiger partial charge in [0, 0.05) is 0 Å². The van der Waals surface area contributed by atoms with Gasteiger partial charge in [0.1, 0.15) is 0 Å². The molecule has 1 aliphatic rings.